The van der Waals surface area contributed by atoms with Crippen molar-refractivity contribution in [2.75, 3.05) is 0 Å². The Labute approximate surface area is 121 Å². The predicted molar refractivity (Wildman–Crippen MR) is 83.7 cm³/mol. The van der Waals surface area contributed by atoms with Crippen molar-refractivity contribution in [1.82, 2.24) is 9.97 Å². The highest BCUT2D eigenvalue weighted by molar-refractivity contribution is 6.09. The summed E-state index contributed by atoms with van der Waals surface area (Å²) in [5, 5.41) is 2.33. The summed E-state index contributed by atoms with van der Waals surface area (Å²) in [6.07, 6.45) is 1.83. The van der Waals surface area contributed by atoms with E-state index in [0.29, 0.717) is 0 Å². The molecule has 0 saturated carbocycles. The van der Waals surface area contributed by atoms with E-state index in [0.717, 1.165) is 33.2 Å². The fourth-order valence-electron chi connectivity index (χ4n) is 2.78. The number of nitrogens with zero attached hydrogens (tertiary/aromatic N) is 1. The molecule has 0 aliphatic rings. The summed E-state index contributed by atoms with van der Waals surface area (Å²) in [5.74, 6) is -0.214. The molecule has 0 fully saturated rings. The Morgan fingerprint density at radius 3 is 2.48 bits per heavy atom. The SMILES string of the molecule is Cc1nccc2c1[nH]c1ccc(-c3ccc(F)cc3)cc12. The van der Waals surface area contributed by atoms with Crippen LogP contribution in [0, 0.1) is 12.7 Å². The third-order valence-corrected chi connectivity index (χ3v) is 3.89. The average molecular weight is 276 g/mol. The van der Waals surface area contributed by atoms with E-state index in [1.54, 1.807) is 12.1 Å². The number of rotatable bonds is 1. The lowest BCUT2D eigenvalue weighted by atomic mass is 10.0. The number of aromatic nitrogens is 2. The fraction of sp³-hybridized carbons (Fsp3) is 0.0556. The van der Waals surface area contributed by atoms with Crippen molar-refractivity contribution in [3.63, 3.8) is 0 Å². The summed E-state index contributed by atoms with van der Waals surface area (Å²) in [5.41, 5.74) is 5.25. The Bertz CT molecular complexity index is 952. The zero-order valence-electron chi connectivity index (χ0n) is 11.5. The first-order valence-corrected chi connectivity index (χ1v) is 6.85. The zero-order valence-corrected chi connectivity index (χ0v) is 11.5. The van der Waals surface area contributed by atoms with Crippen LogP contribution in [0.5, 0.6) is 0 Å². The van der Waals surface area contributed by atoms with Crippen LogP contribution in [0.25, 0.3) is 32.9 Å². The molecule has 0 radical (unpaired) electrons. The van der Waals surface area contributed by atoms with Crippen molar-refractivity contribution in [1.29, 1.82) is 0 Å². The summed E-state index contributed by atoms with van der Waals surface area (Å²) < 4.78 is 13.0. The molecule has 102 valence electrons. The van der Waals surface area contributed by atoms with Gasteiger partial charge in [0.05, 0.1) is 11.2 Å². The van der Waals surface area contributed by atoms with Gasteiger partial charge in [-0.2, -0.15) is 0 Å². The van der Waals surface area contributed by atoms with Gasteiger partial charge in [-0.3, -0.25) is 4.98 Å². The molecular weight excluding hydrogens is 263 g/mol. The molecule has 4 aromatic rings. The van der Waals surface area contributed by atoms with E-state index in [-0.39, 0.29) is 5.82 Å². The Kier molecular flexibility index (Phi) is 2.54. The third kappa shape index (κ3) is 1.89. The Morgan fingerprint density at radius 1 is 0.905 bits per heavy atom. The Hall–Kier alpha value is -2.68. The van der Waals surface area contributed by atoms with Crippen LogP contribution in [0.1, 0.15) is 5.69 Å². The van der Waals surface area contributed by atoms with Crippen LogP contribution in [-0.2, 0) is 0 Å². The molecule has 2 aromatic carbocycles. The summed E-state index contributed by atoms with van der Waals surface area (Å²) >= 11 is 0. The van der Waals surface area contributed by atoms with E-state index in [1.807, 2.05) is 25.3 Å². The van der Waals surface area contributed by atoms with Crippen LogP contribution in [0.15, 0.2) is 54.7 Å². The lowest BCUT2D eigenvalue weighted by Gasteiger charge is -2.02. The molecule has 0 saturated heterocycles. The summed E-state index contributed by atoms with van der Waals surface area (Å²) in [7, 11) is 0. The molecule has 2 aromatic heterocycles. The molecule has 0 spiro atoms. The van der Waals surface area contributed by atoms with Crippen molar-refractivity contribution in [2.24, 2.45) is 0 Å². The monoisotopic (exact) mass is 276 g/mol. The minimum atomic E-state index is -0.214. The highest BCUT2D eigenvalue weighted by Gasteiger charge is 2.08. The van der Waals surface area contributed by atoms with E-state index in [4.69, 9.17) is 0 Å². The van der Waals surface area contributed by atoms with Gasteiger partial charge in [-0.05, 0) is 48.4 Å². The summed E-state index contributed by atoms with van der Waals surface area (Å²) in [4.78, 5) is 7.73. The first kappa shape index (κ1) is 12.1. The summed E-state index contributed by atoms with van der Waals surface area (Å²) in [6, 6.07) is 14.9. The first-order valence-electron chi connectivity index (χ1n) is 6.85. The number of H-pyrrole nitrogens is 1. The van der Waals surface area contributed by atoms with Crippen molar-refractivity contribution in [2.45, 2.75) is 6.92 Å². The molecular formula is C18H13FN2. The molecule has 0 amide bonds. The zero-order chi connectivity index (χ0) is 14.4. The smallest absolute Gasteiger partial charge is 0.123 e. The van der Waals surface area contributed by atoms with Gasteiger partial charge in [-0.1, -0.05) is 18.2 Å². The fourth-order valence-corrected chi connectivity index (χ4v) is 2.78. The number of pyridine rings is 1. The van der Waals surface area contributed by atoms with Gasteiger partial charge in [0.25, 0.3) is 0 Å². The Morgan fingerprint density at radius 2 is 1.67 bits per heavy atom. The van der Waals surface area contributed by atoms with E-state index in [9.17, 15) is 4.39 Å². The van der Waals surface area contributed by atoms with Crippen molar-refractivity contribution in [3.8, 4) is 11.1 Å². The maximum atomic E-state index is 13.0. The van der Waals surface area contributed by atoms with Gasteiger partial charge in [-0.15, -0.1) is 0 Å². The first-order chi connectivity index (χ1) is 10.2. The van der Waals surface area contributed by atoms with Gasteiger partial charge >= 0.3 is 0 Å². The lowest BCUT2D eigenvalue weighted by Crippen LogP contribution is -1.80. The molecule has 1 N–H and O–H groups in total. The van der Waals surface area contributed by atoms with Gasteiger partial charge in [0.1, 0.15) is 5.82 Å². The van der Waals surface area contributed by atoms with E-state index < -0.39 is 0 Å². The minimum absolute atomic E-state index is 0.214. The minimum Gasteiger partial charge on any atom is -0.353 e. The second-order valence-corrected chi connectivity index (χ2v) is 5.21. The van der Waals surface area contributed by atoms with Crippen LogP contribution < -0.4 is 0 Å². The van der Waals surface area contributed by atoms with Gasteiger partial charge in [0.15, 0.2) is 0 Å². The number of hydrogen-bond acceptors (Lipinski definition) is 1. The normalized spacial score (nSPS) is 11.3. The topological polar surface area (TPSA) is 28.7 Å². The molecule has 3 heteroatoms. The maximum Gasteiger partial charge on any atom is 0.123 e. The number of halogens is 1. The van der Waals surface area contributed by atoms with Crippen molar-refractivity contribution < 1.29 is 4.39 Å². The molecule has 0 bridgehead atoms. The summed E-state index contributed by atoms with van der Waals surface area (Å²) in [6.45, 7) is 2.00. The highest BCUT2D eigenvalue weighted by Crippen LogP contribution is 2.30. The molecule has 0 aliphatic carbocycles. The molecule has 2 heterocycles. The number of aromatic amines is 1. The van der Waals surface area contributed by atoms with E-state index >= 15 is 0 Å². The van der Waals surface area contributed by atoms with Crippen LogP contribution in [0.3, 0.4) is 0 Å². The molecule has 4 rings (SSSR count). The molecule has 2 nitrogen and oxygen atoms in total. The largest absolute Gasteiger partial charge is 0.353 e. The number of benzene rings is 2. The number of nitrogens with one attached hydrogen (secondary N) is 1. The third-order valence-electron chi connectivity index (χ3n) is 3.89. The Balaban J connectivity index is 1.99. The average Bonchev–Trinajstić information content (AvgIpc) is 2.87. The van der Waals surface area contributed by atoms with E-state index in [1.165, 1.54) is 17.5 Å². The van der Waals surface area contributed by atoms with Crippen molar-refractivity contribution in [3.05, 3.63) is 66.2 Å². The molecule has 0 unspecified atom stereocenters. The number of aryl methyl sites for hydroxylation is 1. The number of fused-ring (bicyclic) bond motifs is 3. The van der Waals surface area contributed by atoms with Crippen LogP contribution in [0.2, 0.25) is 0 Å². The van der Waals surface area contributed by atoms with Gasteiger partial charge in [-0.25, -0.2) is 4.39 Å². The number of hydrogen-bond donors (Lipinski definition) is 1. The van der Waals surface area contributed by atoms with Crippen molar-refractivity contribution >= 4 is 21.8 Å². The van der Waals surface area contributed by atoms with Crippen LogP contribution in [-0.4, -0.2) is 9.97 Å². The van der Waals surface area contributed by atoms with Crippen LogP contribution in [0.4, 0.5) is 4.39 Å². The van der Waals surface area contributed by atoms with E-state index in [2.05, 4.69) is 22.1 Å². The molecule has 0 aliphatic heterocycles. The second-order valence-electron chi connectivity index (χ2n) is 5.21. The lowest BCUT2D eigenvalue weighted by molar-refractivity contribution is 0.628. The second kappa shape index (κ2) is 4.42. The van der Waals surface area contributed by atoms with Gasteiger partial charge in [0, 0.05) is 22.5 Å². The predicted octanol–water partition coefficient (Wildman–Crippen LogP) is 4.83. The standard InChI is InChI=1S/C18H13FN2/c1-11-18-15(8-9-20-11)16-10-13(4-7-17(16)21-18)12-2-5-14(19)6-3-12/h2-10,21H,1H3. The molecule has 0 atom stereocenters. The molecule has 21 heavy (non-hydrogen) atoms. The highest BCUT2D eigenvalue weighted by atomic mass is 19.1. The van der Waals surface area contributed by atoms with Crippen LogP contribution >= 0.6 is 0 Å². The maximum absolute atomic E-state index is 13.0. The van der Waals surface area contributed by atoms with Gasteiger partial charge in [0.2, 0.25) is 0 Å². The van der Waals surface area contributed by atoms with Gasteiger partial charge < -0.3 is 4.98 Å². The quantitative estimate of drug-likeness (QED) is 0.530.